The molecule has 3 rings (SSSR count). The van der Waals surface area contributed by atoms with Crippen molar-refractivity contribution in [1.29, 1.82) is 0 Å². The number of carbonyl (C=O) groups excluding carboxylic acids is 1. The van der Waals surface area contributed by atoms with Gasteiger partial charge in [-0.05, 0) is 32.1 Å². The number of aromatic nitrogens is 2. The molecule has 9 heteroatoms. The van der Waals surface area contributed by atoms with Gasteiger partial charge in [-0.3, -0.25) is 9.58 Å². The Hall–Kier alpha value is -1.97. The van der Waals surface area contributed by atoms with Crippen LogP contribution in [0.3, 0.4) is 0 Å². The second-order valence-corrected chi connectivity index (χ2v) is 8.31. The number of ether oxygens (including phenoxy) is 1. The number of piperazine rings is 1. The Kier molecular flexibility index (Phi) is 6.13. The number of carbonyl (C=O) groups is 1. The van der Waals surface area contributed by atoms with Crippen LogP contribution in [0.15, 0.2) is 12.3 Å². The standard InChI is InChI=1S/C18H25N5O2S2/c1-12-9-15(17(24)25-4)16(27-12)20-18(26)23-7-5-22(6-8-23)11-14-10-19-21(3)13(14)2/h9-10H,5-8,11H2,1-4H3,(H,20,26). The van der Waals surface area contributed by atoms with E-state index >= 15 is 0 Å². The minimum absolute atomic E-state index is 0.346. The van der Waals surface area contributed by atoms with Gasteiger partial charge in [-0.15, -0.1) is 11.3 Å². The summed E-state index contributed by atoms with van der Waals surface area (Å²) in [6.45, 7) is 8.54. The smallest absolute Gasteiger partial charge is 0.340 e. The molecule has 1 aliphatic rings. The second kappa shape index (κ2) is 8.37. The lowest BCUT2D eigenvalue weighted by atomic mass is 10.2. The molecule has 0 unspecified atom stereocenters. The number of rotatable bonds is 4. The molecule has 2 aromatic heterocycles. The third kappa shape index (κ3) is 4.48. The number of nitrogens with zero attached hydrogens (tertiary/aromatic N) is 4. The van der Waals surface area contributed by atoms with Crippen molar-refractivity contribution >= 4 is 39.6 Å². The summed E-state index contributed by atoms with van der Waals surface area (Å²) in [5.74, 6) is -0.346. The van der Waals surface area contributed by atoms with Crippen molar-refractivity contribution in [2.24, 2.45) is 7.05 Å². The Morgan fingerprint density at radius 3 is 2.63 bits per heavy atom. The highest BCUT2D eigenvalue weighted by molar-refractivity contribution is 7.80. The maximum Gasteiger partial charge on any atom is 0.340 e. The summed E-state index contributed by atoms with van der Waals surface area (Å²) in [5, 5.41) is 8.95. The van der Waals surface area contributed by atoms with Crippen LogP contribution < -0.4 is 5.32 Å². The van der Waals surface area contributed by atoms with Crippen LogP contribution in [-0.2, 0) is 18.3 Å². The van der Waals surface area contributed by atoms with Crippen LogP contribution in [0.1, 0.15) is 26.5 Å². The summed E-state index contributed by atoms with van der Waals surface area (Å²) in [7, 11) is 3.36. The summed E-state index contributed by atoms with van der Waals surface area (Å²) in [6, 6.07) is 1.83. The van der Waals surface area contributed by atoms with E-state index in [1.54, 1.807) is 0 Å². The summed E-state index contributed by atoms with van der Waals surface area (Å²) >= 11 is 7.09. The first-order chi connectivity index (χ1) is 12.9. The molecule has 0 bridgehead atoms. The zero-order valence-electron chi connectivity index (χ0n) is 16.1. The predicted octanol–water partition coefficient (Wildman–Crippen LogP) is 2.40. The van der Waals surface area contributed by atoms with Crippen LogP contribution in [0.4, 0.5) is 5.00 Å². The van der Waals surface area contributed by atoms with Gasteiger partial charge in [-0.2, -0.15) is 5.10 Å². The van der Waals surface area contributed by atoms with Gasteiger partial charge in [-0.1, -0.05) is 0 Å². The normalized spacial score (nSPS) is 15.0. The first-order valence-corrected chi connectivity index (χ1v) is 10.1. The number of thiocarbonyl (C=S) groups is 1. The number of thiophene rings is 1. The number of aryl methyl sites for hydroxylation is 2. The summed E-state index contributed by atoms with van der Waals surface area (Å²) in [6.07, 6.45) is 1.95. The van der Waals surface area contributed by atoms with Crippen molar-refractivity contribution in [3.63, 3.8) is 0 Å². The van der Waals surface area contributed by atoms with Gasteiger partial charge in [0.05, 0.1) is 18.9 Å². The predicted molar refractivity (Wildman–Crippen MR) is 111 cm³/mol. The highest BCUT2D eigenvalue weighted by Crippen LogP contribution is 2.28. The third-order valence-electron chi connectivity index (χ3n) is 4.87. The topological polar surface area (TPSA) is 62.6 Å². The molecule has 1 saturated heterocycles. The van der Waals surface area contributed by atoms with Gasteiger partial charge in [0, 0.05) is 55.9 Å². The van der Waals surface area contributed by atoms with E-state index in [0.717, 1.165) is 42.6 Å². The monoisotopic (exact) mass is 407 g/mol. The molecule has 0 atom stereocenters. The van der Waals surface area contributed by atoms with E-state index in [-0.39, 0.29) is 5.97 Å². The molecule has 0 spiro atoms. The van der Waals surface area contributed by atoms with Crippen LogP contribution in [-0.4, -0.2) is 64.0 Å². The van der Waals surface area contributed by atoms with Gasteiger partial charge in [0.2, 0.25) is 0 Å². The first kappa shape index (κ1) is 19.8. The van der Waals surface area contributed by atoms with Gasteiger partial charge in [0.15, 0.2) is 5.11 Å². The Balaban J connectivity index is 1.56. The fourth-order valence-electron chi connectivity index (χ4n) is 3.09. The minimum atomic E-state index is -0.346. The Bertz CT molecular complexity index is 837. The molecule has 3 heterocycles. The van der Waals surface area contributed by atoms with Crippen LogP contribution >= 0.6 is 23.6 Å². The molecule has 0 amide bonds. The highest BCUT2D eigenvalue weighted by atomic mass is 32.1. The van der Waals surface area contributed by atoms with Crippen molar-refractivity contribution in [3.05, 3.63) is 34.0 Å². The molecule has 0 aliphatic carbocycles. The lowest BCUT2D eigenvalue weighted by Crippen LogP contribution is -2.49. The molecule has 1 fully saturated rings. The van der Waals surface area contributed by atoms with Crippen molar-refractivity contribution in [2.75, 3.05) is 38.6 Å². The van der Waals surface area contributed by atoms with Gasteiger partial charge in [0.25, 0.3) is 0 Å². The Morgan fingerprint density at radius 2 is 2.04 bits per heavy atom. The summed E-state index contributed by atoms with van der Waals surface area (Å²) in [5.41, 5.74) is 3.01. The van der Waals surface area contributed by atoms with Crippen molar-refractivity contribution in [2.45, 2.75) is 20.4 Å². The van der Waals surface area contributed by atoms with Crippen molar-refractivity contribution < 1.29 is 9.53 Å². The van der Waals surface area contributed by atoms with Gasteiger partial charge >= 0.3 is 5.97 Å². The maximum absolute atomic E-state index is 11.9. The van der Waals surface area contributed by atoms with Crippen molar-refractivity contribution in [1.82, 2.24) is 19.6 Å². The zero-order chi connectivity index (χ0) is 19.6. The lowest BCUT2D eigenvalue weighted by Gasteiger charge is -2.36. The summed E-state index contributed by atoms with van der Waals surface area (Å²) in [4.78, 5) is 17.5. The van der Waals surface area contributed by atoms with Crippen LogP contribution in [0.25, 0.3) is 0 Å². The molecule has 7 nitrogen and oxygen atoms in total. The quantitative estimate of drug-likeness (QED) is 0.617. The van der Waals surface area contributed by atoms with E-state index in [4.69, 9.17) is 17.0 Å². The van der Waals surface area contributed by atoms with Crippen LogP contribution in [0, 0.1) is 13.8 Å². The molecule has 2 aromatic rings. The third-order valence-corrected chi connectivity index (χ3v) is 6.20. The van der Waals surface area contributed by atoms with E-state index in [1.165, 1.54) is 29.7 Å². The second-order valence-electron chi connectivity index (χ2n) is 6.66. The van der Waals surface area contributed by atoms with Crippen LogP contribution in [0.5, 0.6) is 0 Å². The number of methoxy groups -OCH3 is 1. The molecular formula is C18H25N5O2S2. The molecule has 0 radical (unpaired) electrons. The first-order valence-electron chi connectivity index (χ1n) is 8.83. The molecule has 0 saturated carbocycles. The number of hydrogen-bond acceptors (Lipinski definition) is 6. The highest BCUT2D eigenvalue weighted by Gasteiger charge is 2.22. The van der Waals surface area contributed by atoms with Crippen LogP contribution in [0.2, 0.25) is 0 Å². The fourth-order valence-corrected chi connectivity index (χ4v) is 4.34. The molecule has 1 aliphatic heterocycles. The zero-order valence-corrected chi connectivity index (χ0v) is 17.7. The number of anilines is 1. The maximum atomic E-state index is 11.9. The van der Waals surface area contributed by atoms with E-state index in [1.807, 2.05) is 30.9 Å². The fraction of sp³-hybridized carbons (Fsp3) is 0.500. The van der Waals surface area contributed by atoms with Gasteiger partial charge < -0.3 is 15.0 Å². The van der Waals surface area contributed by atoms with Gasteiger partial charge in [-0.25, -0.2) is 4.79 Å². The van der Waals surface area contributed by atoms with E-state index in [2.05, 4.69) is 27.1 Å². The molecule has 0 aromatic carbocycles. The molecule has 146 valence electrons. The number of esters is 1. The lowest BCUT2D eigenvalue weighted by molar-refractivity contribution is 0.0602. The molecule has 1 N–H and O–H groups in total. The minimum Gasteiger partial charge on any atom is -0.465 e. The van der Waals surface area contributed by atoms with Crippen molar-refractivity contribution in [3.8, 4) is 0 Å². The van der Waals surface area contributed by atoms with E-state index < -0.39 is 0 Å². The average Bonchev–Trinajstić information content (AvgIpc) is 3.18. The number of nitrogens with one attached hydrogen (secondary N) is 1. The number of hydrogen-bond donors (Lipinski definition) is 1. The summed E-state index contributed by atoms with van der Waals surface area (Å²) < 4.78 is 6.77. The molecule has 27 heavy (non-hydrogen) atoms. The van der Waals surface area contributed by atoms with Gasteiger partial charge in [0.1, 0.15) is 5.00 Å². The average molecular weight is 408 g/mol. The Morgan fingerprint density at radius 1 is 1.33 bits per heavy atom. The Labute approximate surface area is 168 Å². The van der Waals surface area contributed by atoms with E-state index in [0.29, 0.717) is 10.7 Å². The largest absolute Gasteiger partial charge is 0.465 e. The molecular weight excluding hydrogens is 382 g/mol. The SMILES string of the molecule is COC(=O)c1cc(C)sc1NC(=S)N1CCN(Cc2cnn(C)c2C)CC1. The van der Waals surface area contributed by atoms with E-state index in [9.17, 15) is 4.79 Å².